The van der Waals surface area contributed by atoms with E-state index in [1.54, 1.807) is 55.6 Å². The number of hydrogen-bond acceptors (Lipinski definition) is 5. The van der Waals surface area contributed by atoms with E-state index in [9.17, 15) is 14.4 Å². The smallest absolute Gasteiger partial charge is 0.310 e. The van der Waals surface area contributed by atoms with Crippen LogP contribution in [0.15, 0.2) is 48.5 Å². The number of anilines is 2. The van der Waals surface area contributed by atoms with Gasteiger partial charge in [0.2, 0.25) is 5.91 Å². The number of ether oxygens (including phenoxy) is 2. The highest BCUT2D eigenvalue weighted by Gasteiger charge is 2.63. The summed E-state index contributed by atoms with van der Waals surface area (Å²) in [6.45, 7) is 0. The van der Waals surface area contributed by atoms with Gasteiger partial charge in [0.25, 0.3) is 5.91 Å². The molecule has 1 aliphatic heterocycles. The maximum Gasteiger partial charge on any atom is 0.310 e. The van der Waals surface area contributed by atoms with Crippen molar-refractivity contribution in [2.45, 2.75) is 18.9 Å². The van der Waals surface area contributed by atoms with Gasteiger partial charge >= 0.3 is 5.97 Å². The van der Waals surface area contributed by atoms with Crippen LogP contribution >= 0.6 is 0 Å². The molecule has 7 heteroatoms. The van der Waals surface area contributed by atoms with Gasteiger partial charge in [0.1, 0.15) is 11.9 Å². The van der Waals surface area contributed by atoms with Crippen LogP contribution in [0.4, 0.5) is 11.4 Å². The molecule has 2 aliphatic carbocycles. The van der Waals surface area contributed by atoms with E-state index >= 15 is 0 Å². The Bertz CT molecular complexity index is 1030. The fourth-order valence-electron chi connectivity index (χ4n) is 5.23. The molecule has 0 unspecified atom stereocenters. The van der Waals surface area contributed by atoms with E-state index in [0.29, 0.717) is 22.7 Å². The molecule has 2 N–H and O–H groups in total. The fraction of sp³-hybridized carbons (Fsp3) is 0.348. The highest BCUT2D eigenvalue weighted by atomic mass is 16.6. The molecule has 3 aliphatic rings. The standard InChI is InChI=1S/C23H22N2O5/c1-29-16-7-3-6-15(11-16)24-21(26)12-4-2-5-14(8-12)25-22(27)19-13-9-17-18(10-13)30-23(28)20(17)19/h2-8,11,13,17-20H,9-10H2,1H3,(H,24,26)(H,25,27)/t13-,17+,18-,19+,20+/m1/s1. The van der Waals surface area contributed by atoms with Crippen molar-refractivity contribution in [3.63, 3.8) is 0 Å². The lowest BCUT2D eigenvalue weighted by Gasteiger charge is -2.23. The van der Waals surface area contributed by atoms with Gasteiger partial charge in [-0.05, 0) is 49.1 Å². The number of amides is 2. The minimum absolute atomic E-state index is 0.000171. The van der Waals surface area contributed by atoms with Gasteiger partial charge in [0.15, 0.2) is 0 Å². The van der Waals surface area contributed by atoms with Crippen LogP contribution in [-0.2, 0) is 14.3 Å². The summed E-state index contributed by atoms with van der Waals surface area (Å²) in [5.74, 6) is -0.362. The van der Waals surface area contributed by atoms with E-state index in [1.165, 1.54) is 0 Å². The van der Waals surface area contributed by atoms with Crippen molar-refractivity contribution < 1.29 is 23.9 Å². The molecule has 3 fully saturated rings. The number of rotatable bonds is 5. The second-order valence-electron chi connectivity index (χ2n) is 8.18. The van der Waals surface area contributed by atoms with E-state index in [4.69, 9.17) is 9.47 Å². The summed E-state index contributed by atoms with van der Waals surface area (Å²) in [6.07, 6.45) is 1.65. The molecule has 30 heavy (non-hydrogen) atoms. The first-order valence-electron chi connectivity index (χ1n) is 10.1. The van der Waals surface area contributed by atoms with E-state index in [1.807, 2.05) is 0 Å². The summed E-state index contributed by atoms with van der Waals surface area (Å²) in [5.41, 5.74) is 1.57. The molecule has 2 amide bonds. The molecule has 1 saturated heterocycles. The Labute approximate surface area is 173 Å². The lowest BCUT2D eigenvalue weighted by Crippen LogP contribution is -2.35. The van der Waals surface area contributed by atoms with Crippen LogP contribution in [0, 0.1) is 23.7 Å². The molecule has 2 saturated carbocycles. The third-order valence-electron chi connectivity index (χ3n) is 6.51. The van der Waals surface area contributed by atoms with E-state index in [-0.39, 0.29) is 47.6 Å². The second kappa shape index (κ2) is 7.16. The van der Waals surface area contributed by atoms with E-state index < -0.39 is 0 Å². The Hall–Kier alpha value is -3.35. The summed E-state index contributed by atoms with van der Waals surface area (Å²) >= 11 is 0. The third kappa shape index (κ3) is 3.10. The zero-order valence-corrected chi connectivity index (χ0v) is 16.5. The van der Waals surface area contributed by atoms with Crippen LogP contribution in [-0.4, -0.2) is 31.0 Å². The molecule has 2 bridgehead atoms. The number of hydrogen-bond donors (Lipinski definition) is 2. The predicted molar refractivity (Wildman–Crippen MR) is 109 cm³/mol. The van der Waals surface area contributed by atoms with E-state index in [2.05, 4.69) is 10.6 Å². The van der Waals surface area contributed by atoms with Crippen LogP contribution < -0.4 is 15.4 Å². The van der Waals surface area contributed by atoms with Crippen molar-refractivity contribution >= 4 is 29.2 Å². The maximum atomic E-state index is 12.9. The van der Waals surface area contributed by atoms with Gasteiger partial charge in [0.05, 0.1) is 18.9 Å². The molecule has 5 atom stereocenters. The number of carbonyl (C=O) groups excluding carboxylic acids is 3. The lowest BCUT2D eigenvalue weighted by molar-refractivity contribution is -0.145. The van der Waals surface area contributed by atoms with Crippen molar-refractivity contribution in [1.82, 2.24) is 0 Å². The first-order chi connectivity index (χ1) is 14.5. The average Bonchev–Trinajstić information content (AvgIpc) is 3.37. The molecule has 1 heterocycles. The number of nitrogens with one attached hydrogen (secondary N) is 2. The maximum absolute atomic E-state index is 12.9. The van der Waals surface area contributed by atoms with Gasteiger partial charge < -0.3 is 20.1 Å². The third-order valence-corrected chi connectivity index (χ3v) is 6.51. The number of benzene rings is 2. The number of methoxy groups -OCH3 is 1. The number of carbonyl (C=O) groups is 3. The van der Waals surface area contributed by atoms with Gasteiger partial charge in [0, 0.05) is 28.9 Å². The Balaban J connectivity index is 1.29. The molecule has 2 aromatic rings. The van der Waals surface area contributed by atoms with Crippen molar-refractivity contribution in [2.75, 3.05) is 17.7 Å². The minimum Gasteiger partial charge on any atom is -0.497 e. The van der Waals surface area contributed by atoms with Gasteiger partial charge in [-0.3, -0.25) is 14.4 Å². The molecule has 2 aromatic carbocycles. The Kier molecular flexibility index (Phi) is 4.46. The van der Waals surface area contributed by atoms with Crippen LogP contribution in [0.1, 0.15) is 23.2 Å². The van der Waals surface area contributed by atoms with Crippen molar-refractivity contribution in [3.8, 4) is 5.75 Å². The summed E-state index contributed by atoms with van der Waals surface area (Å²) in [7, 11) is 1.56. The Morgan fingerprint density at radius 1 is 1.03 bits per heavy atom. The van der Waals surface area contributed by atoms with Crippen LogP contribution in [0.3, 0.4) is 0 Å². The quantitative estimate of drug-likeness (QED) is 0.745. The molecule has 0 radical (unpaired) electrons. The Morgan fingerprint density at radius 2 is 1.80 bits per heavy atom. The largest absolute Gasteiger partial charge is 0.497 e. The van der Waals surface area contributed by atoms with Gasteiger partial charge in [-0.25, -0.2) is 0 Å². The molecular formula is C23H22N2O5. The SMILES string of the molecule is COc1cccc(NC(=O)c2cccc(NC(=O)[C@H]3[C@@H]4C[C@@H]5[C@@H]3C(=O)O[C@@H]5C4)c2)c1. The molecule has 5 rings (SSSR count). The summed E-state index contributed by atoms with van der Waals surface area (Å²) < 4.78 is 10.6. The van der Waals surface area contributed by atoms with E-state index in [0.717, 1.165) is 12.8 Å². The van der Waals surface area contributed by atoms with Crippen LogP contribution in [0.2, 0.25) is 0 Å². The van der Waals surface area contributed by atoms with Crippen molar-refractivity contribution in [3.05, 3.63) is 54.1 Å². The van der Waals surface area contributed by atoms with Gasteiger partial charge in [-0.1, -0.05) is 12.1 Å². The zero-order chi connectivity index (χ0) is 20.8. The first kappa shape index (κ1) is 18.7. The summed E-state index contributed by atoms with van der Waals surface area (Å²) in [4.78, 5) is 37.7. The minimum atomic E-state index is -0.351. The normalized spacial score (nSPS) is 28.2. The Morgan fingerprint density at radius 3 is 2.60 bits per heavy atom. The fourth-order valence-corrected chi connectivity index (χ4v) is 5.23. The molecular weight excluding hydrogens is 384 g/mol. The molecule has 0 spiro atoms. The van der Waals surface area contributed by atoms with Crippen molar-refractivity contribution in [2.24, 2.45) is 23.7 Å². The highest BCUT2D eigenvalue weighted by Crippen LogP contribution is 2.57. The molecule has 0 aromatic heterocycles. The lowest BCUT2D eigenvalue weighted by atomic mass is 9.79. The molecule has 7 nitrogen and oxygen atoms in total. The molecule has 154 valence electrons. The highest BCUT2D eigenvalue weighted by molar-refractivity contribution is 6.05. The monoisotopic (exact) mass is 406 g/mol. The van der Waals surface area contributed by atoms with Crippen molar-refractivity contribution in [1.29, 1.82) is 0 Å². The van der Waals surface area contributed by atoms with Crippen LogP contribution in [0.5, 0.6) is 5.75 Å². The van der Waals surface area contributed by atoms with Gasteiger partial charge in [-0.2, -0.15) is 0 Å². The predicted octanol–water partition coefficient (Wildman–Crippen LogP) is 3.08. The van der Waals surface area contributed by atoms with Crippen LogP contribution in [0.25, 0.3) is 0 Å². The number of fused-ring (bicyclic) bond motifs is 1. The van der Waals surface area contributed by atoms with Gasteiger partial charge in [-0.15, -0.1) is 0 Å². The topological polar surface area (TPSA) is 93.7 Å². The average molecular weight is 406 g/mol. The zero-order valence-electron chi connectivity index (χ0n) is 16.5. The first-order valence-corrected chi connectivity index (χ1v) is 10.1. The number of esters is 1. The summed E-state index contributed by atoms with van der Waals surface area (Å²) in [6, 6.07) is 13.9. The second-order valence-corrected chi connectivity index (χ2v) is 8.18. The summed E-state index contributed by atoms with van der Waals surface area (Å²) in [5, 5.41) is 5.73.